The number of nitrogens with zero attached hydrogens (tertiary/aromatic N) is 3. The molecule has 3 aromatic carbocycles. The molecule has 4 amide bonds. The standard InChI is InChI=1S/C32H39N5O3/c1-21-14-16-22(17-15-21)26-19-28(37(31(33)40)24-11-9-10-23(18-24)35(5)6)30(39)36(20-29(38)34-32(2,3)4)27-13-8-7-12-25(26)27/h7-18,26,28H,19-20H2,1-6H3,(H2,33,40)(H,34,38). The minimum atomic E-state index is -0.948. The summed E-state index contributed by atoms with van der Waals surface area (Å²) in [4.78, 5) is 45.5. The maximum atomic E-state index is 14.5. The lowest BCUT2D eigenvalue weighted by Crippen LogP contribution is -2.55. The molecule has 0 saturated carbocycles. The van der Waals surface area contributed by atoms with Crippen molar-refractivity contribution in [3.8, 4) is 0 Å². The fourth-order valence-electron chi connectivity index (χ4n) is 5.25. The van der Waals surface area contributed by atoms with Crippen LogP contribution < -0.4 is 25.8 Å². The third-order valence-electron chi connectivity index (χ3n) is 7.08. The summed E-state index contributed by atoms with van der Waals surface area (Å²) in [6.07, 6.45) is 0.297. The van der Waals surface area contributed by atoms with E-state index in [1.54, 1.807) is 6.07 Å². The van der Waals surface area contributed by atoms with Gasteiger partial charge >= 0.3 is 6.03 Å². The molecule has 2 atom stereocenters. The van der Waals surface area contributed by atoms with Crippen LogP contribution in [0.4, 0.5) is 21.9 Å². The Morgan fingerprint density at radius 2 is 1.62 bits per heavy atom. The highest BCUT2D eigenvalue weighted by molar-refractivity contribution is 6.08. The molecule has 0 spiro atoms. The molecular weight excluding hydrogens is 502 g/mol. The highest BCUT2D eigenvalue weighted by Gasteiger charge is 2.41. The van der Waals surface area contributed by atoms with Crippen molar-refractivity contribution in [2.75, 3.05) is 35.3 Å². The van der Waals surface area contributed by atoms with Gasteiger partial charge in [0.25, 0.3) is 5.91 Å². The first-order valence-corrected chi connectivity index (χ1v) is 13.5. The molecule has 4 rings (SSSR count). The van der Waals surface area contributed by atoms with Gasteiger partial charge in [0.2, 0.25) is 5.91 Å². The van der Waals surface area contributed by atoms with Crippen molar-refractivity contribution in [3.63, 3.8) is 0 Å². The van der Waals surface area contributed by atoms with E-state index in [0.717, 1.165) is 22.4 Å². The second-order valence-electron chi connectivity index (χ2n) is 11.6. The first-order valence-electron chi connectivity index (χ1n) is 13.5. The van der Waals surface area contributed by atoms with Gasteiger partial charge in [0.1, 0.15) is 12.6 Å². The molecule has 40 heavy (non-hydrogen) atoms. The van der Waals surface area contributed by atoms with Crippen LogP contribution in [0.5, 0.6) is 0 Å². The lowest BCUT2D eigenvalue weighted by atomic mass is 9.85. The Bertz CT molecular complexity index is 1390. The summed E-state index contributed by atoms with van der Waals surface area (Å²) in [5.74, 6) is -0.871. The van der Waals surface area contributed by atoms with Gasteiger partial charge in [-0.3, -0.25) is 14.5 Å². The summed E-state index contributed by atoms with van der Waals surface area (Å²) in [6.45, 7) is 7.53. The summed E-state index contributed by atoms with van der Waals surface area (Å²) in [5, 5.41) is 2.96. The predicted molar refractivity (Wildman–Crippen MR) is 161 cm³/mol. The van der Waals surface area contributed by atoms with E-state index in [1.165, 1.54) is 9.80 Å². The fourth-order valence-corrected chi connectivity index (χ4v) is 5.25. The number of anilines is 3. The Balaban J connectivity index is 1.89. The number of benzene rings is 3. The van der Waals surface area contributed by atoms with Crippen LogP contribution in [0.3, 0.4) is 0 Å². The molecule has 3 aromatic rings. The molecular formula is C32H39N5O3. The van der Waals surface area contributed by atoms with Crippen LogP contribution in [0.15, 0.2) is 72.8 Å². The van der Waals surface area contributed by atoms with E-state index in [0.29, 0.717) is 17.8 Å². The molecule has 8 heteroatoms. The maximum Gasteiger partial charge on any atom is 0.320 e. The Morgan fingerprint density at radius 1 is 0.975 bits per heavy atom. The molecule has 0 bridgehead atoms. The number of aryl methyl sites for hydroxylation is 1. The third kappa shape index (κ3) is 6.28. The number of para-hydroxylation sites is 1. The molecule has 0 aromatic heterocycles. The molecule has 0 radical (unpaired) electrons. The molecule has 210 valence electrons. The number of carbonyl (C=O) groups excluding carboxylic acids is 3. The summed E-state index contributed by atoms with van der Waals surface area (Å²) < 4.78 is 0. The number of carbonyl (C=O) groups is 3. The zero-order valence-electron chi connectivity index (χ0n) is 24.1. The van der Waals surface area contributed by atoms with Crippen LogP contribution in [0.2, 0.25) is 0 Å². The van der Waals surface area contributed by atoms with Crippen molar-refractivity contribution in [3.05, 3.63) is 89.5 Å². The second-order valence-corrected chi connectivity index (χ2v) is 11.6. The third-order valence-corrected chi connectivity index (χ3v) is 7.08. The Hall–Kier alpha value is -4.33. The Labute approximate surface area is 236 Å². The number of rotatable bonds is 6. The van der Waals surface area contributed by atoms with Crippen LogP contribution in [-0.4, -0.2) is 50.1 Å². The summed E-state index contributed by atoms with van der Waals surface area (Å²) in [7, 11) is 3.81. The first kappa shape index (κ1) is 28.7. The molecule has 1 aliphatic heterocycles. The largest absolute Gasteiger partial charge is 0.378 e. The van der Waals surface area contributed by atoms with Gasteiger partial charge in [-0.05, 0) is 69.5 Å². The topological polar surface area (TPSA) is 99.0 Å². The van der Waals surface area contributed by atoms with Gasteiger partial charge in [-0.2, -0.15) is 0 Å². The van der Waals surface area contributed by atoms with Crippen LogP contribution in [-0.2, 0) is 9.59 Å². The van der Waals surface area contributed by atoms with Gasteiger partial charge in [-0.15, -0.1) is 0 Å². The average Bonchev–Trinajstić information content (AvgIpc) is 2.99. The number of hydrogen-bond acceptors (Lipinski definition) is 4. The van der Waals surface area contributed by atoms with Gasteiger partial charge < -0.3 is 20.9 Å². The first-order chi connectivity index (χ1) is 18.9. The number of primary amides is 1. The molecule has 0 aliphatic carbocycles. The second kappa shape index (κ2) is 11.4. The normalized spacial score (nSPS) is 17.1. The summed E-state index contributed by atoms with van der Waals surface area (Å²) in [6, 6.07) is 21.5. The predicted octanol–water partition coefficient (Wildman–Crippen LogP) is 4.80. The number of fused-ring (bicyclic) bond motifs is 1. The van der Waals surface area contributed by atoms with Crippen molar-refractivity contribution in [1.29, 1.82) is 0 Å². The maximum absolute atomic E-state index is 14.5. The lowest BCUT2D eigenvalue weighted by Gasteiger charge is -2.33. The molecule has 0 saturated heterocycles. The molecule has 8 nitrogen and oxygen atoms in total. The van der Waals surface area contributed by atoms with E-state index < -0.39 is 17.6 Å². The Kier molecular flexibility index (Phi) is 8.18. The minimum Gasteiger partial charge on any atom is -0.378 e. The van der Waals surface area contributed by atoms with Gasteiger partial charge in [-0.25, -0.2) is 4.79 Å². The van der Waals surface area contributed by atoms with E-state index in [1.807, 2.05) is 101 Å². The van der Waals surface area contributed by atoms with Crippen LogP contribution >= 0.6 is 0 Å². The smallest absolute Gasteiger partial charge is 0.320 e. The highest BCUT2D eigenvalue weighted by Crippen LogP contribution is 2.41. The van der Waals surface area contributed by atoms with Gasteiger partial charge in [0.05, 0.1) is 0 Å². The zero-order chi connectivity index (χ0) is 29.2. The van der Waals surface area contributed by atoms with Crippen molar-refractivity contribution >= 4 is 34.9 Å². The van der Waals surface area contributed by atoms with Crippen LogP contribution in [0.25, 0.3) is 0 Å². The quantitative estimate of drug-likeness (QED) is 0.468. The summed E-state index contributed by atoms with van der Waals surface area (Å²) >= 11 is 0. The number of hydrogen-bond donors (Lipinski definition) is 2. The number of urea groups is 1. The van der Waals surface area contributed by atoms with Crippen LogP contribution in [0, 0.1) is 6.92 Å². The molecule has 1 heterocycles. The Morgan fingerprint density at radius 3 is 2.25 bits per heavy atom. The van der Waals surface area contributed by atoms with E-state index in [-0.39, 0.29) is 24.3 Å². The molecule has 1 aliphatic rings. The number of nitrogens with one attached hydrogen (secondary N) is 1. The van der Waals surface area contributed by atoms with E-state index in [9.17, 15) is 14.4 Å². The molecule has 0 fully saturated rings. The van der Waals surface area contributed by atoms with Gasteiger partial charge in [0.15, 0.2) is 0 Å². The molecule has 2 unspecified atom stereocenters. The summed E-state index contributed by atoms with van der Waals surface area (Å²) in [5.41, 5.74) is 10.6. The van der Waals surface area contributed by atoms with Gasteiger partial charge in [-0.1, -0.05) is 54.1 Å². The fraction of sp³-hybridized carbons (Fsp3) is 0.344. The van der Waals surface area contributed by atoms with Crippen molar-refractivity contribution in [2.24, 2.45) is 5.73 Å². The monoisotopic (exact) mass is 541 g/mol. The molecule has 3 N–H and O–H groups in total. The lowest BCUT2D eigenvalue weighted by molar-refractivity contribution is -0.125. The van der Waals surface area contributed by atoms with Crippen molar-refractivity contribution in [2.45, 2.75) is 51.6 Å². The van der Waals surface area contributed by atoms with E-state index in [2.05, 4.69) is 17.4 Å². The number of amides is 4. The SMILES string of the molecule is Cc1ccc(C2CC(N(C(N)=O)c3cccc(N(C)C)c3)C(=O)N(CC(=O)NC(C)(C)C)c3ccccc32)cc1. The van der Waals surface area contributed by atoms with Crippen LogP contribution in [0.1, 0.15) is 49.8 Å². The van der Waals surface area contributed by atoms with E-state index in [4.69, 9.17) is 5.73 Å². The average molecular weight is 542 g/mol. The highest BCUT2D eigenvalue weighted by atomic mass is 16.2. The number of nitrogens with two attached hydrogens (primary N) is 1. The van der Waals surface area contributed by atoms with Crippen molar-refractivity contribution < 1.29 is 14.4 Å². The van der Waals surface area contributed by atoms with E-state index >= 15 is 0 Å². The zero-order valence-corrected chi connectivity index (χ0v) is 24.1. The minimum absolute atomic E-state index is 0.186. The van der Waals surface area contributed by atoms with Gasteiger partial charge in [0, 0.05) is 42.6 Å². The van der Waals surface area contributed by atoms with Crippen molar-refractivity contribution in [1.82, 2.24) is 5.32 Å².